The lowest BCUT2D eigenvalue weighted by atomic mass is 9.95. The summed E-state index contributed by atoms with van der Waals surface area (Å²) in [6, 6.07) is 5.33. The van der Waals surface area contributed by atoms with Crippen molar-refractivity contribution in [1.82, 2.24) is 20.1 Å². The van der Waals surface area contributed by atoms with Crippen LogP contribution in [0.4, 0.5) is 0 Å². The minimum Gasteiger partial charge on any atom is -0.352 e. The van der Waals surface area contributed by atoms with Crippen molar-refractivity contribution in [2.45, 2.75) is 33.2 Å². The van der Waals surface area contributed by atoms with Crippen molar-refractivity contribution in [2.24, 2.45) is 5.92 Å². The predicted octanol–water partition coefficient (Wildman–Crippen LogP) is 4.43. The van der Waals surface area contributed by atoms with E-state index in [-0.39, 0.29) is 30.3 Å². The Bertz CT molecular complexity index is 1270. The van der Waals surface area contributed by atoms with Crippen molar-refractivity contribution in [1.29, 1.82) is 0 Å². The quantitative estimate of drug-likeness (QED) is 0.610. The summed E-state index contributed by atoms with van der Waals surface area (Å²) in [7, 11) is 0. The number of benzene rings is 1. The molecular weight excluding hydrogens is 423 g/mol. The standard InChI is InChI=1S/C22H22Cl2N4O2/c1-12-9-14(3-5-17(12)24)11-25-19(29)7-8-28-18-6-4-15(23)10-16(18)21-20(22(28)30)13(2)26-27-21/h3-6,10,12H,7-9,11H2,1-2H3,(H,25,29)(H,26,27). The number of nitrogens with zero attached hydrogens (tertiary/aromatic N) is 2. The number of aryl methyl sites for hydroxylation is 2. The van der Waals surface area contributed by atoms with E-state index in [1.54, 1.807) is 22.8 Å². The van der Waals surface area contributed by atoms with E-state index in [4.69, 9.17) is 23.2 Å². The number of carbonyl (C=O) groups excluding carboxylic acids is 1. The van der Waals surface area contributed by atoms with Crippen LogP contribution in [0.5, 0.6) is 0 Å². The Hall–Kier alpha value is -2.57. The first-order chi connectivity index (χ1) is 14.3. The van der Waals surface area contributed by atoms with Crippen LogP contribution in [0.25, 0.3) is 21.8 Å². The summed E-state index contributed by atoms with van der Waals surface area (Å²) >= 11 is 12.3. The molecule has 0 saturated heterocycles. The zero-order valence-electron chi connectivity index (χ0n) is 16.8. The SMILES string of the molecule is Cc1[nH]nc2c1c(=O)n(CCC(=O)NCC1=CC=C(Cl)C(C)C1)c1ccc(Cl)cc21. The van der Waals surface area contributed by atoms with Crippen LogP contribution in [-0.2, 0) is 11.3 Å². The van der Waals surface area contributed by atoms with Gasteiger partial charge in [-0.1, -0.05) is 41.8 Å². The molecule has 2 heterocycles. The largest absolute Gasteiger partial charge is 0.352 e. The molecule has 2 N–H and O–H groups in total. The smallest absolute Gasteiger partial charge is 0.262 e. The first-order valence-corrected chi connectivity index (χ1v) is 10.6. The Labute approximate surface area is 183 Å². The minimum atomic E-state index is -0.164. The topological polar surface area (TPSA) is 79.8 Å². The zero-order chi connectivity index (χ0) is 21.4. The van der Waals surface area contributed by atoms with Crippen LogP contribution in [0.2, 0.25) is 5.02 Å². The van der Waals surface area contributed by atoms with Gasteiger partial charge in [-0.25, -0.2) is 0 Å². The second kappa shape index (κ2) is 8.28. The molecule has 8 heteroatoms. The number of aromatic nitrogens is 3. The van der Waals surface area contributed by atoms with Gasteiger partial charge in [0.2, 0.25) is 5.91 Å². The molecule has 2 aromatic heterocycles. The highest BCUT2D eigenvalue weighted by Gasteiger charge is 2.17. The summed E-state index contributed by atoms with van der Waals surface area (Å²) in [6.07, 6.45) is 4.87. The maximum Gasteiger partial charge on any atom is 0.262 e. The van der Waals surface area contributed by atoms with Crippen LogP contribution >= 0.6 is 23.2 Å². The predicted molar refractivity (Wildman–Crippen MR) is 121 cm³/mol. The van der Waals surface area contributed by atoms with Crippen LogP contribution in [0.1, 0.15) is 25.5 Å². The second-order valence-corrected chi connectivity index (χ2v) is 8.57. The van der Waals surface area contributed by atoms with Gasteiger partial charge in [-0.2, -0.15) is 5.10 Å². The van der Waals surface area contributed by atoms with Gasteiger partial charge >= 0.3 is 0 Å². The molecule has 0 radical (unpaired) electrons. The molecule has 0 aliphatic heterocycles. The van der Waals surface area contributed by atoms with Crippen LogP contribution in [0.15, 0.2) is 45.8 Å². The molecule has 156 valence electrons. The number of nitrogens with one attached hydrogen (secondary N) is 2. The lowest BCUT2D eigenvalue weighted by Crippen LogP contribution is -2.29. The van der Waals surface area contributed by atoms with Gasteiger partial charge in [-0.15, -0.1) is 0 Å². The zero-order valence-corrected chi connectivity index (χ0v) is 18.3. The Morgan fingerprint density at radius 3 is 2.90 bits per heavy atom. The van der Waals surface area contributed by atoms with Gasteiger partial charge in [-0.05, 0) is 43.5 Å². The van der Waals surface area contributed by atoms with Gasteiger partial charge in [0.25, 0.3) is 5.56 Å². The Kier molecular flexibility index (Phi) is 5.71. The number of halogens is 2. The molecule has 0 bridgehead atoms. The molecule has 4 rings (SSSR count). The minimum absolute atomic E-state index is 0.109. The maximum absolute atomic E-state index is 13.1. The van der Waals surface area contributed by atoms with Crippen molar-refractivity contribution < 1.29 is 4.79 Å². The monoisotopic (exact) mass is 444 g/mol. The molecule has 0 fully saturated rings. The Balaban J connectivity index is 1.55. The molecule has 3 aromatic rings. The highest BCUT2D eigenvalue weighted by Crippen LogP contribution is 2.27. The fourth-order valence-electron chi connectivity index (χ4n) is 3.85. The fraction of sp³-hybridized carbons (Fsp3) is 0.318. The summed E-state index contributed by atoms with van der Waals surface area (Å²) in [5.74, 6) is 0.160. The molecule has 1 atom stereocenters. The first kappa shape index (κ1) is 20.7. The van der Waals surface area contributed by atoms with Crippen molar-refractivity contribution >= 4 is 50.9 Å². The molecule has 0 saturated carbocycles. The van der Waals surface area contributed by atoms with E-state index >= 15 is 0 Å². The second-order valence-electron chi connectivity index (χ2n) is 7.70. The Morgan fingerprint density at radius 2 is 2.13 bits per heavy atom. The molecule has 1 aromatic carbocycles. The van der Waals surface area contributed by atoms with E-state index in [2.05, 4.69) is 22.4 Å². The van der Waals surface area contributed by atoms with Gasteiger partial charge in [0.15, 0.2) is 0 Å². The van der Waals surface area contributed by atoms with Crippen LogP contribution in [0, 0.1) is 12.8 Å². The summed E-state index contributed by atoms with van der Waals surface area (Å²) in [5, 5.41) is 12.8. The third-order valence-corrected chi connectivity index (χ3v) is 6.24. The average Bonchev–Trinajstić information content (AvgIpc) is 3.11. The van der Waals surface area contributed by atoms with Gasteiger partial charge in [-0.3, -0.25) is 14.7 Å². The Morgan fingerprint density at radius 1 is 1.33 bits per heavy atom. The third kappa shape index (κ3) is 3.89. The highest BCUT2D eigenvalue weighted by molar-refractivity contribution is 6.31. The molecule has 0 spiro atoms. The number of hydrogen-bond donors (Lipinski definition) is 2. The van der Waals surface area contributed by atoms with Crippen LogP contribution < -0.4 is 10.9 Å². The number of allylic oxidation sites excluding steroid dienone is 3. The number of aromatic amines is 1. The summed E-state index contributed by atoms with van der Waals surface area (Å²) < 4.78 is 1.63. The molecule has 1 aliphatic rings. The molecule has 1 amide bonds. The van der Waals surface area contributed by atoms with Gasteiger partial charge in [0.05, 0.1) is 10.9 Å². The van der Waals surface area contributed by atoms with E-state index in [0.29, 0.717) is 33.7 Å². The number of carbonyl (C=O) groups is 1. The van der Waals surface area contributed by atoms with E-state index in [1.165, 1.54) is 0 Å². The van der Waals surface area contributed by atoms with E-state index in [1.807, 2.05) is 19.1 Å². The summed E-state index contributed by atoms with van der Waals surface area (Å²) in [6.45, 7) is 4.62. The molecule has 1 unspecified atom stereocenters. The van der Waals surface area contributed by atoms with Gasteiger partial charge in [0, 0.05) is 40.6 Å². The number of H-pyrrole nitrogens is 1. The molecule has 1 aliphatic carbocycles. The number of amides is 1. The number of fused-ring (bicyclic) bond motifs is 3. The van der Waals surface area contributed by atoms with Crippen molar-refractivity contribution in [3.8, 4) is 0 Å². The van der Waals surface area contributed by atoms with Crippen molar-refractivity contribution in [2.75, 3.05) is 6.54 Å². The summed E-state index contributed by atoms with van der Waals surface area (Å²) in [4.78, 5) is 25.6. The number of rotatable bonds is 5. The number of pyridine rings is 1. The first-order valence-electron chi connectivity index (χ1n) is 9.83. The van der Waals surface area contributed by atoms with Crippen LogP contribution in [-0.4, -0.2) is 27.2 Å². The molecule has 6 nitrogen and oxygen atoms in total. The normalized spacial score (nSPS) is 16.6. The lowest BCUT2D eigenvalue weighted by Gasteiger charge is -2.18. The summed E-state index contributed by atoms with van der Waals surface area (Å²) in [5.41, 5.74) is 2.97. The third-order valence-electron chi connectivity index (χ3n) is 5.50. The van der Waals surface area contributed by atoms with E-state index in [0.717, 1.165) is 22.4 Å². The van der Waals surface area contributed by atoms with Gasteiger partial charge < -0.3 is 9.88 Å². The van der Waals surface area contributed by atoms with Gasteiger partial charge in [0.1, 0.15) is 5.52 Å². The van der Waals surface area contributed by atoms with E-state index in [9.17, 15) is 9.59 Å². The van der Waals surface area contributed by atoms with Crippen molar-refractivity contribution in [3.63, 3.8) is 0 Å². The highest BCUT2D eigenvalue weighted by atomic mass is 35.5. The molecular formula is C22H22Cl2N4O2. The maximum atomic E-state index is 13.1. The fourth-order valence-corrected chi connectivity index (χ4v) is 4.16. The lowest BCUT2D eigenvalue weighted by molar-refractivity contribution is -0.121. The number of hydrogen-bond acceptors (Lipinski definition) is 3. The van der Waals surface area contributed by atoms with Crippen LogP contribution in [0.3, 0.4) is 0 Å². The van der Waals surface area contributed by atoms with Crippen molar-refractivity contribution in [3.05, 3.63) is 62.0 Å². The van der Waals surface area contributed by atoms with E-state index < -0.39 is 0 Å². The average molecular weight is 445 g/mol. The molecule has 30 heavy (non-hydrogen) atoms.